The van der Waals surface area contributed by atoms with Gasteiger partial charge in [0, 0.05) is 0 Å². The lowest BCUT2D eigenvalue weighted by Gasteiger charge is -2.27. The molecule has 1 aromatic rings. The molecule has 4 aliphatic rings. The zero-order valence-corrected chi connectivity index (χ0v) is 14.6. The van der Waals surface area contributed by atoms with Gasteiger partial charge in [0.25, 0.3) is 0 Å². The van der Waals surface area contributed by atoms with Crippen LogP contribution in [0.25, 0.3) is 0 Å². The highest BCUT2D eigenvalue weighted by Gasteiger charge is 2.59. The maximum Gasteiger partial charge on any atom is 0.240 e. The van der Waals surface area contributed by atoms with E-state index in [9.17, 15) is 14.4 Å². The Bertz CT molecular complexity index is 800. The fraction of sp³-hybridized carbons (Fsp3) is 0.476. The van der Waals surface area contributed by atoms with Crippen LogP contribution in [0.5, 0.6) is 0 Å². The number of carbonyl (C=O) groups is 3. The van der Waals surface area contributed by atoms with Crippen LogP contribution in [-0.2, 0) is 20.8 Å². The third-order valence-electron chi connectivity index (χ3n) is 6.57. The molecule has 5 rings (SSSR count). The molecule has 1 aliphatic heterocycles. The maximum absolute atomic E-state index is 12.7. The summed E-state index contributed by atoms with van der Waals surface area (Å²) >= 11 is 0. The highest BCUT2D eigenvalue weighted by molar-refractivity contribution is 6.08. The van der Waals surface area contributed by atoms with E-state index in [1.165, 1.54) is 10.5 Å². The van der Waals surface area contributed by atoms with Gasteiger partial charge < -0.3 is 5.32 Å². The molecule has 5 heteroatoms. The molecule has 3 amide bonds. The van der Waals surface area contributed by atoms with Crippen LogP contribution in [0.15, 0.2) is 36.4 Å². The van der Waals surface area contributed by atoms with Crippen molar-refractivity contribution in [2.75, 3.05) is 6.54 Å². The van der Waals surface area contributed by atoms with Crippen molar-refractivity contribution < 1.29 is 14.4 Å². The second-order valence-electron chi connectivity index (χ2n) is 7.97. The van der Waals surface area contributed by atoms with Gasteiger partial charge in [0.2, 0.25) is 17.7 Å². The first-order chi connectivity index (χ1) is 12.6. The third-order valence-corrected chi connectivity index (χ3v) is 6.57. The van der Waals surface area contributed by atoms with Crippen molar-refractivity contribution in [3.63, 3.8) is 0 Å². The average molecular weight is 350 g/mol. The number of nitrogens with zero attached hydrogens (tertiary/aromatic N) is 1. The summed E-state index contributed by atoms with van der Waals surface area (Å²) in [4.78, 5) is 39.2. The lowest BCUT2D eigenvalue weighted by Crippen LogP contribution is -2.43. The summed E-state index contributed by atoms with van der Waals surface area (Å²) in [5, 5.41) is 3.05. The zero-order chi connectivity index (χ0) is 17.8. The van der Waals surface area contributed by atoms with Gasteiger partial charge in [-0.3, -0.25) is 19.3 Å². The molecule has 1 saturated carbocycles. The Labute approximate surface area is 152 Å². The molecule has 1 aromatic carbocycles. The Morgan fingerprint density at radius 2 is 1.77 bits per heavy atom. The molecule has 0 aromatic heterocycles. The van der Waals surface area contributed by atoms with Gasteiger partial charge in [0.1, 0.15) is 6.54 Å². The second-order valence-corrected chi connectivity index (χ2v) is 7.97. The van der Waals surface area contributed by atoms with Gasteiger partial charge in [-0.1, -0.05) is 36.4 Å². The first-order valence-corrected chi connectivity index (χ1v) is 9.54. The van der Waals surface area contributed by atoms with E-state index in [1.54, 1.807) is 0 Å². The number of hydrogen-bond acceptors (Lipinski definition) is 3. The molecule has 0 unspecified atom stereocenters. The molecule has 2 fully saturated rings. The van der Waals surface area contributed by atoms with Crippen LogP contribution in [0.4, 0.5) is 0 Å². The summed E-state index contributed by atoms with van der Waals surface area (Å²) in [6.45, 7) is -0.150. The fourth-order valence-electron chi connectivity index (χ4n) is 5.41. The van der Waals surface area contributed by atoms with E-state index in [4.69, 9.17) is 0 Å². The topological polar surface area (TPSA) is 66.5 Å². The van der Waals surface area contributed by atoms with Crippen LogP contribution in [0, 0.1) is 23.7 Å². The molecule has 5 atom stereocenters. The Hall–Kier alpha value is -2.43. The van der Waals surface area contributed by atoms with E-state index in [-0.39, 0.29) is 54.0 Å². The number of nitrogens with one attached hydrogen (secondary N) is 1. The summed E-state index contributed by atoms with van der Waals surface area (Å²) in [6.07, 6.45) is 8.00. The predicted molar refractivity (Wildman–Crippen MR) is 94.7 cm³/mol. The molecular weight excluding hydrogens is 328 g/mol. The van der Waals surface area contributed by atoms with E-state index in [2.05, 4.69) is 29.6 Å². The van der Waals surface area contributed by atoms with E-state index in [1.807, 2.05) is 12.1 Å². The Balaban J connectivity index is 1.29. The molecule has 1 saturated heterocycles. The number of fused-ring (bicyclic) bond motifs is 6. The standard InChI is InChI=1S/C21H22N2O3/c24-17(22-16-7-3-5-12-4-1-2-6-15(12)16)11-23-20(25)18-13-8-9-14(10-13)19(18)21(23)26/h1-2,4,6,8-9,13-14,16,18-19H,3,5,7,10-11H2,(H,22,24)/t13-,14-,16-,18+,19+/m0/s1. The Kier molecular flexibility index (Phi) is 3.52. The number of likely N-dealkylation sites (tertiary alicyclic amines) is 1. The van der Waals surface area contributed by atoms with Gasteiger partial charge in [-0.25, -0.2) is 0 Å². The monoisotopic (exact) mass is 350 g/mol. The van der Waals surface area contributed by atoms with E-state index >= 15 is 0 Å². The van der Waals surface area contributed by atoms with Gasteiger partial charge in [-0.2, -0.15) is 0 Å². The highest BCUT2D eigenvalue weighted by Crippen LogP contribution is 2.52. The van der Waals surface area contributed by atoms with E-state index in [0.717, 1.165) is 31.2 Å². The zero-order valence-electron chi connectivity index (χ0n) is 14.6. The number of allylic oxidation sites excluding steroid dienone is 2. The van der Waals surface area contributed by atoms with Crippen molar-refractivity contribution in [1.82, 2.24) is 10.2 Å². The second kappa shape index (κ2) is 5.79. The molecular formula is C21H22N2O3. The van der Waals surface area contributed by atoms with Gasteiger partial charge in [-0.05, 0) is 48.6 Å². The molecule has 3 aliphatic carbocycles. The Morgan fingerprint density at radius 1 is 1.08 bits per heavy atom. The lowest BCUT2D eigenvalue weighted by molar-refractivity contribution is -0.144. The van der Waals surface area contributed by atoms with Crippen molar-refractivity contribution in [3.8, 4) is 0 Å². The highest BCUT2D eigenvalue weighted by atomic mass is 16.2. The van der Waals surface area contributed by atoms with E-state index < -0.39 is 0 Å². The van der Waals surface area contributed by atoms with Crippen molar-refractivity contribution in [3.05, 3.63) is 47.5 Å². The minimum Gasteiger partial charge on any atom is -0.348 e. The van der Waals surface area contributed by atoms with Crippen molar-refractivity contribution >= 4 is 17.7 Å². The SMILES string of the molecule is O=C(CN1C(=O)[C@H]2[C@H](C1=O)[C@H]1C=C[C@H]2C1)N[C@H]1CCCc2ccccc21. The number of benzene rings is 1. The summed E-state index contributed by atoms with van der Waals surface area (Å²) in [5.74, 6) is -0.665. The summed E-state index contributed by atoms with van der Waals surface area (Å²) in [5.41, 5.74) is 2.43. The van der Waals surface area contributed by atoms with Gasteiger partial charge >= 0.3 is 0 Å². The van der Waals surface area contributed by atoms with Crippen LogP contribution in [-0.4, -0.2) is 29.2 Å². The fourth-order valence-corrected chi connectivity index (χ4v) is 5.41. The molecule has 26 heavy (non-hydrogen) atoms. The first kappa shape index (κ1) is 15.8. The van der Waals surface area contributed by atoms with Crippen LogP contribution in [0.2, 0.25) is 0 Å². The predicted octanol–water partition coefficient (Wildman–Crippen LogP) is 1.99. The van der Waals surface area contributed by atoms with Gasteiger partial charge in [0.05, 0.1) is 17.9 Å². The van der Waals surface area contributed by atoms with Crippen molar-refractivity contribution in [1.29, 1.82) is 0 Å². The molecule has 0 spiro atoms. The first-order valence-electron chi connectivity index (χ1n) is 9.54. The minimum atomic E-state index is -0.242. The number of imide groups is 1. The average Bonchev–Trinajstić information content (AvgIpc) is 3.32. The number of carbonyl (C=O) groups excluding carboxylic acids is 3. The largest absolute Gasteiger partial charge is 0.348 e. The lowest BCUT2D eigenvalue weighted by atomic mass is 9.85. The van der Waals surface area contributed by atoms with Crippen molar-refractivity contribution in [2.45, 2.75) is 31.7 Å². The van der Waals surface area contributed by atoms with Crippen LogP contribution >= 0.6 is 0 Å². The summed E-state index contributed by atoms with van der Waals surface area (Å²) in [7, 11) is 0. The number of hydrogen-bond donors (Lipinski definition) is 1. The molecule has 1 N–H and O–H groups in total. The Morgan fingerprint density at radius 3 is 2.50 bits per heavy atom. The van der Waals surface area contributed by atoms with Crippen LogP contribution < -0.4 is 5.32 Å². The number of rotatable bonds is 3. The van der Waals surface area contributed by atoms with E-state index in [0.29, 0.717) is 0 Å². The van der Waals surface area contributed by atoms with Crippen LogP contribution in [0.3, 0.4) is 0 Å². The molecule has 0 radical (unpaired) electrons. The quantitative estimate of drug-likeness (QED) is 0.670. The summed E-state index contributed by atoms with van der Waals surface area (Å²) in [6, 6.07) is 8.13. The number of aryl methyl sites for hydroxylation is 1. The molecule has 5 nitrogen and oxygen atoms in total. The number of amides is 3. The maximum atomic E-state index is 12.7. The summed E-state index contributed by atoms with van der Waals surface area (Å²) < 4.78 is 0. The molecule has 1 heterocycles. The van der Waals surface area contributed by atoms with Gasteiger partial charge in [0.15, 0.2) is 0 Å². The molecule has 134 valence electrons. The third kappa shape index (κ3) is 2.26. The smallest absolute Gasteiger partial charge is 0.240 e. The minimum absolute atomic E-state index is 0.0300. The van der Waals surface area contributed by atoms with Crippen molar-refractivity contribution in [2.24, 2.45) is 23.7 Å². The molecule has 2 bridgehead atoms. The van der Waals surface area contributed by atoms with Gasteiger partial charge in [-0.15, -0.1) is 0 Å². The normalized spacial score (nSPS) is 34.2. The van der Waals surface area contributed by atoms with Crippen LogP contribution in [0.1, 0.15) is 36.4 Å².